The van der Waals surface area contributed by atoms with Crippen molar-refractivity contribution in [2.24, 2.45) is 0 Å². The number of likely N-dealkylation sites (tertiary alicyclic amines) is 2. The molecule has 4 heterocycles. The summed E-state index contributed by atoms with van der Waals surface area (Å²) in [5.41, 5.74) is 9.57. The van der Waals surface area contributed by atoms with Gasteiger partial charge in [-0.2, -0.15) is 5.10 Å². The fraction of sp³-hybridized carbons (Fsp3) is 0.355. The van der Waals surface area contributed by atoms with E-state index >= 15 is 4.39 Å². The summed E-state index contributed by atoms with van der Waals surface area (Å²) >= 11 is 0. The molecule has 4 aromatic rings. The lowest BCUT2D eigenvalue weighted by molar-refractivity contribution is -0.0565. The first kappa shape index (κ1) is 29.5. The van der Waals surface area contributed by atoms with Crippen molar-refractivity contribution < 1.29 is 27.2 Å². The highest BCUT2D eigenvalue weighted by molar-refractivity contribution is 5.98. The predicted octanol–water partition coefficient (Wildman–Crippen LogP) is 4.25. The molecule has 2 aliphatic heterocycles. The van der Waals surface area contributed by atoms with Gasteiger partial charge >= 0.3 is 0 Å². The molecule has 9 nitrogen and oxygen atoms in total. The van der Waals surface area contributed by atoms with Crippen molar-refractivity contribution in [2.45, 2.75) is 44.4 Å². The predicted molar refractivity (Wildman–Crippen MR) is 155 cm³/mol. The van der Waals surface area contributed by atoms with E-state index in [1.165, 1.54) is 29.4 Å². The maximum absolute atomic E-state index is 15.0. The number of hydrogen-bond donors (Lipinski definition) is 2. The molecule has 2 aromatic heterocycles. The lowest BCUT2D eigenvalue weighted by Gasteiger charge is -2.31. The first-order valence-electron chi connectivity index (χ1n) is 14.3. The van der Waals surface area contributed by atoms with Gasteiger partial charge in [-0.05, 0) is 42.3 Å². The number of nitrogens with one attached hydrogen (secondary N) is 1. The highest BCUT2D eigenvalue weighted by Crippen LogP contribution is 2.33. The number of carbonyl (C=O) groups excluding carboxylic acids is 2. The van der Waals surface area contributed by atoms with E-state index in [1.807, 2.05) is 17.0 Å². The minimum Gasteiger partial charge on any atom is -0.382 e. The van der Waals surface area contributed by atoms with Crippen molar-refractivity contribution in [1.29, 1.82) is 0 Å². The average Bonchev–Trinajstić information content (AvgIpc) is 3.55. The summed E-state index contributed by atoms with van der Waals surface area (Å²) in [7, 11) is 0. The zero-order valence-electron chi connectivity index (χ0n) is 23.9. The number of nitrogens with two attached hydrogens (primary N) is 1. The molecule has 0 radical (unpaired) electrons. The molecule has 2 amide bonds. The highest BCUT2D eigenvalue weighted by atomic mass is 19.3. The first-order valence-corrected chi connectivity index (χ1v) is 14.3. The van der Waals surface area contributed by atoms with Gasteiger partial charge in [0.2, 0.25) is 0 Å². The lowest BCUT2D eigenvalue weighted by Crippen LogP contribution is -2.42. The minimum atomic E-state index is -2.67. The molecule has 0 saturated carbocycles. The van der Waals surface area contributed by atoms with Gasteiger partial charge in [0.05, 0.1) is 23.8 Å². The van der Waals surface area contributed by atoms with Gasteiger partial charge in [-0.1, -0.05) is 24.3 Å². The molecule has 13 heteroatoms. The largest absolute Gasteiger partial charge is 0.382 e. The Morgan fingerprint density at radius 1 is 1.07 bits per heavy atom. The molecule has 3 N–H and O–H groups in total. The molecule has 44 heavy (non-hydrogen) atoms. The van der Waals surface area contributed by atoms with E-state index in [1.54, 1.807) is 23.6 Å². The number of rotatable bonds is 6. The quantitative estimate of drug-likeness (QED) is 0.317. The van der Waals surface area contributed by atoms with Gasteiger partial charge < -0.3 is 16.0 Å². The number of halogens is 4. The fourth-order valence-corrected chi connectivity index (χ4v) is 5.89. The third-order valence-corrected chi connectivity index (χ3v) is 8.38. The third-order valence-electron chi connectivity index (χ3n) is 8.38. The summed E-state index contributed by atoms with van der Waals surface area (Å²) in [6, 6.07) is 11.6. The highest BCUT2D eigenvalue weighted by Gasteiger charge is 2.38. The smallest absolute Gasteiger partial charge is 0.256 e. The van der Waals surface area contributed by atoms with Crippen LogP contribution in [0.25, 0.3) is 16.8 Å². The number of alkyl halides is 3. The molecular weight excluding hydrogens is 578 g/mol. The second-order valence-electron chi connectivity index (χ2n) is 11.4. The Bertz CT molecular complexity index is 1730. The Hall–Kier alpha value is -4.52. The van der Waals surface area contributed by atoms with Crippen molar-refractivity contribution in [3.8, 4) is 11.3 Å². The molecule has 2 aliphatic rings. The monoisotopic (exact) mass is 609 g/mol. The van der Waals surface area contributed by atoms with E-state index in [2.05, 4.69) is 15.4 Å². The van der Waals surface area contributed by atoms with Crippen LogP contribution in [-0.2, 0) is 6.54 Å². The van der Waals surface area contributed by atoms with Crippen molar-refractivity contribution >= 4 is 23.1 Å². The maximum atomic E-state index is 15.0. The van der Waals surface area contributed by atoms with E-state index in [9.17, 15) is 22.8 Å². The third kappa shape index (κ3) is 5.71. The van der Waals surface area contributed by atoms with Crippen LogP contribution in [0.5, 0.6) is 0 Å². The molecule has 0 spiro atoms. The number of piperidine rings is 1. The molecule has 2 saturated heterocycles. The van der Waals surface area contributed by atoms with Crippen molar-refractivity contribution in [3.63, 3.8) is 0 Å². The number of aromatic nitrogens is 3. The van der Waals surface area contributed by atoms with E-state index in [-0.39, 0.29) is 50.4 Å². The van der Waals surface area contributed by atoms with Crippen LogP contribution in [0.2, 0.25) is 0 Å². The van der Waals surface area contributed by atoms with E-state index < -0.39 is 35.8 Å². The second-order valence-corrected chi connectivity index (χ2v) is 11.4. The SMILES string of the molecule is Cc1ccc(-c2cc(CN3CCC(F)(F)CC3)c3c(N)ncnn23)cc1C(=O)N[C@@H]1CN(C(=O)c2ccccc2F)C[C@@H]1F. The number of anilines is 1. The summed E-state index contributed by atoms with van der Waals surface area (Å²) in [6.45, 7) is 2.22. The number of nitrogen functional groups attached to an aromatic ring is 1. The molecule has 230 valence electrons. The lowest BCUT2D eigenvalue weighted by atomic mass is 10.0. The molecule has 0 bridgehead atoms. The van der Waals surface area contributed by atoms with Crippen LogP contribution in [0.1, 0.15) is 44.7 Å². The standard InChI is InChI=1S/C31H31F4N7O2/c1-18-6-7-19(26-13-20(27-28(36)37-17-38-42(26)27)14-40-10-8-31(34,35)9-11-40)12-22(18)29(43)39-25-16-41(15-24(25)33)30(44)21-4-2-3-5-23(21)32/h2-7,12-13,17,24-25H,8-11,14-16H2,1H3,(H,39,43)(H2,36,37,38)/t24-,25+/m0/s1. The number of amides is 2. The average molecular weight is 610 g/mol. The summed E-state index contributed by atoms with van der Waals surface area (Å²) < 4.78 is 58.2. The maximum Gasteiger partial charge on any atom is 0.256 e. The van der Waals surface area contributed by atoms with Gasteiger partial charge in [-0.15, -0.1) is 0 Å². The molecule has 6 rings (SSSR count). The van der Waals surface area contributed by atoms with Gasteiger partial charge in [0.15, 0.2) is 5.82 Å². The Morgan fingerprint density at radius 2 is 1.82 bits per heavy atom. The van der Waals surface area contributed by atoms with Crippen LogP contribution < -0.4 is 11.1 Å². The van der Waals surface area contributed by atoms with E-state index in [4.69, 9.17) is 5.73 Å². The number of hydrogen-bond acceptors (Lipinski definition) is 6. The summed E-state index contributed by atoms with van der Waals surface area (Å²) in [4.78, 5) is 33.5. The van der Waals surface area contributed by atoms with Gasteiger partial charge in [0, 0.05) is 50.1 Å². The van der Waals surface area contributed by atoms with Crippen molar-refractivity contribution in [2.75, 3.05) is 31.9 Å². The second kappa shape index (κ2) is 11.5. The van der Waals surface area contributed by atoms with Crippen LogP contribution in [0, 0.1) is 12.7 Å². The summed E-state index contributed by atoms with van der Waals surface area (Å²) in [5, 5.41) is 7.08. The van der Waals surface area contributed by atoms with Crippen LogP contribution in [0.3, 0.4) is 0 Å². The number of carbonyl (C=O) groups is 2. The number of nitrogens with zero attached hydrogens (tertiary/aromatic N) is 5. The van der Waals surface area contributed by atoms with Gasteiger partial charge in [-0.25, -0.2) is 27.1 Å². The Labute approximate surface area is 250 Å². The Balaban J connectivity index is 1.23. The number of benzene rings is 2. The summed E-state index contributed by atoms with van der Waals surface area (Å²) in [6.07, 6.45) is -0.660. The Morgan fingerprint density at radius 3 is 2.57 bits per heavy atom. The molecular formula is C31H31F4N7O2. The van der Waals surface area contributed by atoms with Gasteiger partial charge in [-0.3, -0.25) is 14.5 Å². The van der Waals surface area contributed by atoms with Crippen molar-refractivity contribution in [3.05, 3.63) is 82.9 Å². The minimum absolute atomic E-state index is 0.107. The molecule has 2 atom stereocenters. The number of fused-ring (bicyclic) bond motifs is 1. The Kier molecular flexibility index (Phi) is 7.74. The van der Waals surface area contributed by atoms with E-state index in [0.29, 0.717) is 34.4 Å². The fourth-order valence-electron chi connectivity index (χ4n) is 5.89. The zero-order chi connectivity index (χ0) is 31.2. The molecule has 0 aliphatic carbocycles. The van der Waals surface area contributed by atoms with E-state index in [0.717, 1.165) is 11.6 Å². The van der Waals surface area contributed by atoms with Gasteiger partial charge in [0.1, 0.15) is 23.8 Å². The zero-order valence-corrected chi connectivity index (χ0v) is 23.9. The number of aryl methyl sites for hydroxylation is 1. The van der Waals surface area contributed by atoms with Crippen LogP contribution in [0.15, 0.2) is 54.9 Å². The topological polar surface area (TPSA) is 109 Å². The van der Waals surface area contributed by atoms with Crippen molar-refractivity contribution in [1.82, 2.24) is 29.7 Å². The molecule has 2 aromatic carbocycles. The van der Waals surface area contributed by atoms with Crippen LogP contribution in [0.4, 0.5) is 23.4 Å². The first-order chi connectivity index (χ1) is 21.0. The van der Waals surface area contributed by atoms with Gasteiger partial charge in [0.25, 0.3) is 17.7 Å². The van der Waals surface area contributed by atoms with Crippen LogP contribution >= 0.6 is 0 Å². The molecule has 2 fully saturated rings. The van der Waals surface area contributed by atoms with Crippen LogP contribution in [-0.4, -0.2) is 80.5 Å². The summed E-state index contributed by atoms with van der Waals surface area (Å²) in [5.74, 6) is -4.30. The molecule has 0 unspecified atom stereocenters. The normalized spacial score (nSPS) is 20.2.